The molecule has 1 aromatic heterocycles. The maximum atomic E-state index is 13.1. The molecule has 2 aromatic rings. The molecule has 1 aromatic carbocycles. The van der Waals surface area contributed by atoms with Gasteiger partial charge in [0.25, 0.3) is 5.56 Å². The Hall–Kier alpha value is -2.39. The van der Waals surface area contributed by atoms with Crippen LogP contribution in [0.1, 0.15) is 49.4 Å². The molecule has 0 spiro atoms. The van der Waals surface area contributed by atoms with Gasteiger partial charge in [0.2, 0.25) is 5.91 Å². The highest BCUT2D eigenvalue weighted by Crippen LogP contribution is 2.49. The number of carboxylic acid groups (broad SMARTS) is 1. The minimum absolute atomic E-state index is 0.0694. The zero-order valence-corrected chi connectivity index (χ0v) is 19.9. The fraction of sp³-hybridized carbons (Fsp3) is 0.583. The summed E-state index contributed by atoms with van der Waals surface area (Å²) in [4.78, 5) is 41.7. The van der Waals surface area contributed by atoms with Gasteiger partial charge in [-0.25, -0.2) is 9.78 Å². The molecule has 0 saturated heterocycles. The van der Waals surface area contributed by atoms with Gasteiger partial charge in [0.1, 0.15) is 0 Å². The largest absolute Gasteiger partial charge is 0.478 e. The van der Waals surface area contributed by atoms with Crippen LogP contribution >= 0.6 is 11.8 Å². The monoisotopic (exact) mass is 473 g/mol. The Morgan fingerprint density at radius 2 is 2.15 bits per heavy atom. The van der Waals surface area contributed by atoms with Crippen molar-refractivity contribution in [3.8, 4) is 0 Å². The third kappa shape index (κ3) is 5.24. The van der Waals surface area contributed by atoms with Crippen LogP contribution in [0.3, 0.4) is 0 Å². The summed E-state index contributed by atoms with van der Waals surface area (Å²) in [6.07, 6.45) is 5.73. The molecule has 2 bridgehead atoms. The van der Waals surface area contributed by atoms with Gasteiger partial charge in [0.05, 0.1) is 22.2 Å². The molecule has 1 heterocycles. The van der Waals surface area contributed by atoms with Crippen molar-refractivity contribution in [2.24, 2.45) is 17.8 Å². The number of nitrogens with one attached hydrogen (secondary N) is 1. The van der Waals surface area contributed by atoms with Crippen molar-refractivity contribution in [1.29, 1.82) is 0 Å². The van der Waals surface area contributed by atoms with E-state index >= 15 is 0 Å². The Bertz CT molecular complexity index is 1100. The number of carbonyl (C=O) groups excluding carboxylic acids is 1. The highest BCUT2D eigenvalue weighted by Gasteiger charge is 2.42. The van der Waals surface area contributed by atoms with Crippen LogP contribution in [0.4, 0.5) is 0 Å². The number of methoxy groups -OCH3 is 1. The first-order valence-corrected chi connectivity index (χ1v) is 12.5. The van der Waals surface area contributed by atoms with E-state index < -0.39 is 5.97 Å². The van der Waals surface area contributed by atoms with E-state index in [-0.39, 0.29) is 28.8 Å². The summed E-state index contributed by atoms with van der Waals surface area (Å²) in [7, 11) is 1.60. The molecule has 2 aliphatic carbocycles. The molecule has 178 valence electrons. The average molecular weight is 474 g/mol. The topological polar surface area (TPSA) is 111 Å². The lowest BCUT2D eigenvalue weighted by Gasteiger charge is -2.28. The molecule has 2 N–H and O–H groups in total. The van der Waals surface area contributed by atoms with Gasteiger partial charge in [-0.2, -0.15) is 0 Å². The van der Waals surface area contributed by atoms with Crippen LogP contribution < -0.4 is 10.9 Å². The molecule has 0 radical (unpaired) electrons. The van der Waals surface area contributed by atoms with Crippen LogP contribution in [-0.4, -0.2) is 52.0 Å². The van der Waals surface area contributed by atoms with E-state index in [1.165, 1.54) is 55.6 Å². The number of benzene rings is 1. The maximum absolute atomic E-state index is 13.1. The van der Waals surface area contributed by atoms with Crippen LogP contribution in [0.5, 0.6) is 0 Å². The van der Waals surface area contributed by atoms with Gasteiger partial charge in [0, 0.05) is 26.3 Å². The van der Waals surface area contributed by atoms with Gasteiger partial charge in [-0.15, -0.1) is 0 Å². The minimum atomic E-state index is -1.08. The Morgan fingerprint density at radius 1 is 1.33 bits per heavy atom. The maximum Gasteiger partial charge on any atom is 0.335 e. The molecule has 33 heavy (non-hydrogen) atoms. The van der Waals surface area contributed by atoms with Crippen molar-refractivity contribution in [1.82, 2.24) is 14.9 Å². The second kappa shape index (κ2) is 10.3. The van der Waals surface area contributed by atoms with E-state index in [0.29, 0.717) is 41.5 Å². The smallest absolute Gasteiger partial charge is 0.335 e. The van der Waals surface area contributed by atoms with Crippen LogP contribution in [-0.2, 0) is 16.1 Å². The van der Waals surface area contributed by atoms with Crippen LogP contribution in [0.2, 0.25) is 0 Å². The predicted octanol–water partition coefficient (Wildman–Crippen LogP) is 3.16. The highest BCUT2D eigenvalue weighted by molar-refractivity contribution is 7.99. The molecule has 4 atom stereocenters. The zero-order valence-electron chi connectivity index (χ0n) is 19.1. The molecule has 9 heteroatoms. The lowest BCUT2D eigenvalue weighted by atomic mass is 9.84. The van der Waals surface area contributed by atoms with Gasteiger partial charge in [-0.3, -0.25) is 14.2 Å². The van der Waals surface area contributed by atoms with Gasteiger partial charge in [-0.1, -0.05) is 18.2 Å². The molecule has 2 aliphatic rings. The Balaban J connectivity index is 1.50. The quantitative estimate of drug-likeness (QED) is 0.310. The second-order valence-electron chi connectivity index (χ2n) is 9.22. The van der Waals surface area contributed by atoms with E-state index in [4.69, 9.17) is 4.74 Å². The predicted molar refractivity (Wildman–Crippen MR) is 127 cm³/mol. The number of ether oxygens (including phenoxy) is 1. The first kappa shape index (κ1) is 23.8. The molecule has 2 fully saturated rings. The summed E-state index contributed by atoms with van der Waals surface area (Å²) >= 11 is 1.21. The number of carbonyl (C=O) groups is 2. The van der Waals surface area contributed by atoms with E-state index in [0.717, 1.165) is 11.8 Å². The lowest BCUT2D eigenvalue weighted by Crippen LogP contribution is -2.41. The van der Waals surface area contributed by atoms with Crippen LogP contribution in [0, 0.1) is 17.8 Å². The number of aromatic carboxylic acids is 1. The number of nitrogens with zero attached hydrogens (tertiary/aromatic N) is 2. The molecular weight excluding hydrogens is 442 g/mol. The lowest BCUT2D eigenvalue weighted by molar-refractivity contribution is -0.119. The summed E-state index contributed by atoms with van der Waals surface area (Å²) in [5.41, 5.74) is 0.146. The van der Waals surface area contributed by atoms with Gasteiger partial charge >= 0.3 is 5.97 Å². The minimum Gasteiger partial charge on any atom is -0.478 e. The van der Waals surface area contributed by atoms with E-state index in [9.17, 15) is 19.5 Å². The highest BCUT2D eigenvalue weighted by atomic mass is 32.2. The Kier molecular flexibility index (Phi) is 7.38. The number of hydrogen-bond acceptors (Lipinski definition) is 6. The third-order valence-corrected chi connectivity index (χ3v) is 8.03. The second-order valence-corrected chi connectivity index (χ2v) is 10.2. The van der Waals surface area contributed by atoms with E-state index in [1.54, 1.807) is 11.7 Å². The van der Waals surface area contributed by atoms with E-state index in [2.05, 4.69) is 17.2 Å². The van der Waals surface area contributed by atoms with Crippen molar-refractivity contribution >= 4 is 34.5 Å². The normalized spacial score (nSPS) is 22.5. The first-order valence-electron chi connectivity index (χ1n) is 11.6. The third-order valence-electron chi connectivity index (χ3n) is 7.05. The molecule has 8 nitrogen and oxygen atoms in total. The van der Waals surface area contributed by atoms with Gasteiger partial charge < -0.3 is 15.2 Å². The fourth-order valence-electron chi connectivity index (χ4n) is 5.45. The molecule has 2 saturated carbocycles. The number of amides is 1. The van der Waals surface area contributed by atoms with Crippen molar-refractivity contribution in [2.75, 3.05) is 19.5 Å². The summed E-state index contributed by atoms with van der Waals surface area (Å²) < 4.78 is 6.67. The number of aromatic nitrogens is 2. The summed E-state index contributed by atoms with van der Waals surface area (Å²) in [6, 6.07) is 4.45. The molecule has 0 unspecified atom stereocenters. The number of carboxylic acids is 1. The van der Waals surface area contributed by atoms with Crippen molar-refractivity contribution in [3.63, 3.8) is 0 Å². The van der Waals surface area contributed by atoms with Crippen molar-refractivity contribution < 1.29 is 19.4 Å². The van der Waals surface area contributed by atoms with Crippen molar-refractivity contribution in [2.45, 2.75) is 56.8 Å². The Morgan fingerprint density at radius 3 is 2.82 bits per heavy atom. The molecule has 4 rings (SSSR count). The summed E-state index contributed by atoms with van der Waals surface area (Å²) in [6.45, 7) is 2.99. The van der Waals surface area contributed by atoms with Crippen molar-refractivity contribution in [3.05, 3.63) is 34.1 Å². The van der Waals surface area contributed by atoms with Crippen LogP contribution in [0.15, 0.2) is 28.2 Å². The van der Waals surface area contributed by atoms with E-state index in [1.807, 2.05) is 0 Å². The summed E-state index contributed by atoms with van der Waals surface area (Å²) in [5, 5.41) is 13.2. The Labute approximate surface area is 197 Å². The average Bonchev–Trinajstić information content (AvgIpc) is 3.43. The van der Waals surface area contributed by atoms with Crippen LogP contribution in [0.25, 0.3) is 10.9 Å². The molecule has 0 aliphatic heterocycles. The number of thioether (sulfide) groups is 1. The zero-order chi connectivity index (χ0) is 23.5. The SMILES string of the molecule is COCCCn1c(SCC(=O)N[C@H](C)[C@H]2C[C@H]3CC[C@H]2C3)nc2cc(C(=O)O)ccc2c1=O. The number of fused-ring (bicyclic) bond motifs is 3. The van der Waals surface area contributed by atoms with Gasteiger partial charge in [0.15, 0.2) is 5.16 Å². The number of rotatable bonds is 10. The number of hydrogen-bond donors (Lipinski definition) is 2. The van der Waals surface area contributed by atoms with Gasteiger partial charge in [-0.05, 0) is 68.6 Å². The standard InChI is InChI=1S/C24H31N3O5S/c1-14(19-11-15-4-5-16(19)10-15)25-21(28)13-33-24-26-20-12-17(23(30)31)6-7-18(20)22(29)27(24)8-3-9-32-2/h6-7,12,14-16,19H,3-5,8-11,13H2,1-2H3,(H,25,28)(H,30,31)/t14-,15+,16+,19-/m1/s1. The molecular formula is C24H31N3O5S. The first-order chi connectivity index (χ1) is 15.9. The fourth-order valence-corrected chi connectivity index (χ4v) is 6.28. The summed E-state index contributed by atoms with van der Waals surface area (Å²) in [5.74, 6) is 1.10. The molecule has 1 amide bonds.